The number of amides is 1. The summed E-state index contributed by atoms with van der Waals surface area (Å²) in [5.41, 5.74) is 0.0207. The molecule has 0 aliphatic heterocycles. The van der Waals surface area contributed by atoms with E-state index in [4.69, 9.17) is 9.47 Å². The van der Waals surface area contributed by atoms with Gasteiger partial charge in [-0.3, -0.25) is 4.79 Å². The first kappa shape index (κ1) is 19.3. The summed E-state index contributed by atoms with van der Waals surface area (Å²) in [4.78, 5) is 23.9. The average molecular weight is 367 g/mol. The largest absolute Gasteiger partial charge is 0.479 e. The highest BCUT2D eigenvalue weighted by Gasteiger charge is 2.23. The predicted octanol–water partition coefficient (Wildman–Crippen LogP) is 3.44. The number of halogens is 3. The van der Waals surface area contributed by atoms with Crippen molar-refractivity contribution in [3.05, 3.63) is 59.9 Å². The lowest BCUT2D eigenvalue weighted by molar-refractivity contribution is -0.159. The van der Waals surface area contributed by atoms with E-state index in [-0.39, 0.29) is 11.4 Å². The molecule has 26 heavy (non-hydrogen) atoms. The Bertz CT molecular complexity index is 796. The van der Waals surface area contributed by atoms with Crippen molar-refractivity contribution in [3.8, 4) is 5.75 Å². The molecule has 0 aliphatic rings. The molecule has 0 aliphatic carbocycles. The summed E-state index contributed by atoms with van der Waals surface area (Å²) in [5.74, 6) is -3.89. The van der Waals surface area contributed by atoms with Gasteiger partial charge in [0.2, 0.25) is 0 Å². The Morgan fingerprint density at radius 1 is 0.923 bits per heavy atom. The highest BCUT2D eigenvalue weighted by atomic mass is 19.2. The van der Waals surface area contributed by atoms with Gasteiger partial charge in [0.1, 0.15) is 11.6 Å². The van der Waals surface area contributed by atoms with Gasteiger partial charge in [-0.15, -0.1) is 0 Å². The second kappa shape index (κ2) is 8.37. The van der Waals surface area contributed by atoms with E-state index in [0.717, 1.165) is 12.1 Å². The fourth-order valence-electron chi connectivity index (χ4n) is 1.91. The van der Waals surface area contributed by atoms with E-state index in [2.05, 4.69) is 5.32 Å². The van der Waals surface area contributed by atoms with Crippen LogP contribution in [0.4, 0.5) is 18.9 Å². The Morgan fingerprint density at radius 2 is 1.58 bits per heavy atom. The topological polar surface area (TPSA) is 64.6 Å². The number of carbonyl (C=O) groups excluding carboxylic acids is 2. The van der Waals surface area contributed by atoms with Gasteiger partial charge in [-0.25, -0.2) is 18.0 Å². The maximum absolute atomic E-state index is 13.1. The molecule has 8 heteroatoms. The zero-order valence-corrected chi connectivity index (χ0v) is 14.0. The summed E-state index contributed by atoms with van der Waals surface area (Å²) in [6.45, 7) is 2.73. The number of benzene rings is 2. The molecule has 2 aromatic carbocycles. The molecule has 0 saturated carbocycles. The zero-order chi connectivity index (χ0) is 19.3. The summed E-state index contributed by atoms with van der Waals surface area (Å²) < 4.78 is 49.1. The van der Waals surface area contributed by atoms with Crippen LogP contribution in [0.25, 0.3) is 0 Å². The molecule has 1 amide bonds. The van der Waals surface area contributed by atoms with E-state index in [1.165, 1.54) is 44.2 Å². The molecular formula is C18H16F3NO4. The molecule has 0 spiro atoms. The molecule has 0 fully saturated rings. The Balaban J connectivity index is 1.89. The average Bonchev–Trinajstić information content (AvgIpc) is 2.60. The van der Waals surface area contributed by atoms with Gasteiger partial charge < -0.3 is 14.8 Å². The maximum atomic E-state index is 13.1. The van der Waals surface area contributed by atoms with Gasteiger partial charge in [-0.05, 0) is 50.2 Å². The van der Waals surface area contributed by atoms with Crippen LogP contribution in [0.3, 0.4) is 0 Å². The van der Waals surface area contributed by atoms with Gasteiger partial charge in [0.15, 0.2) is 23.8 Å². The molecule has 0 saturated heterocycles. The number of ether oxygens (including phenoxy) is 2. The molecule has 138 valence electrons. The van der Waals surface area contributed by atoms with Crippen molar-refractivity contribution in [1.82, 2.24) is 0 Å². The summed E-state index contributed by atoms with van der Waals surface area (Å²) in [6.07, 6.45) is -2.24. The SMILES string of the molecule is C[C@H](OC(=O)[C@@H](C)Oc1ccc(F)cc1)C(=O)Nc1ccc(F)c(F)c1. The number of hydrogen-bond donors (Lipinski definition) is 1. The predicted molar refractivity (Wildman–Crippen MR) is 87.0 cm³/mol. The lowest BCUT2D eigenvalue weighted by Crippen LogP contribution is -2.35. The van der Waals surface area contributed by atoms with Crippen molar-refractivity contribution in [2.24, 2.45) is 0 Å². The van der Waals surface area contributed by atoms with Crippen LogP contribution in [-0.4, -0.2) is 24.1 Å². The molecule has 0 radical (unpaired) electrons. The first-order chi connectivity index (χ1) is 12.3. The van der Waals surface area contributed by atoms with Crippen molar-refractivity contribution >= 4 is 17.6 Å². The van der Waals surface area contributed by atoms with Crippen LogP contribution in [0.2, 0.25) is 0 Å². The zero-order valence-electron chi connectivity index (χ0n) is 14.0. The summed E-state index contributed by atoms with van der Waals surface area (Å²) in [7, 11) is 0. The third kappa shape index (κ3) is 5.23. The van der Waals surface area contributed by atoms with Crippen molar-refractivity contribution in [1.29, 1.82) is 0 Å². The Morgan fingerprint density at radius 3 is 2.19 bits per heavy atom. The molecule has 0 unspecified atom stereocenters. The third-order valence-electron chi connectivity index (χ3n) is 3.31. The molecule has 0 heterocycles. The lowest BCUT2D eigenvalue weighted by Gasteiger charge is -2.18. The van der Waals surface area contributed by atoms with Crippen molar-refractivity contribution in [3.63, 3.8) is 0 Å². The van der Waals surface area contributed by atoms with Crippen LogP contribution >= 0.6 is 0 Å². The number of rotatable bonds is 6. The number of hydrogen-bond acceptors (Lipinski definition) is 4. The van der Waals surface area contributed by atoms with Crippen molar-refractivity contribution in [2.45, 2.75) is 26.1 Å². The molecule has 1 N–H and O–H groups in total. The van der Waals surface area contributed by atoms with Gasteiger partial charge >= 0.3 is 5.97 Å². The van der Waals surface area contributed by atoms with Gasteiger partial charge in [-0.2, -0.15) is 0 Å². The van der Waals surface area contributed by atoms with E-state index in [1.807, 2.05) is 0 Å². The minimum atomic E-state index is -1.20. The van der Waals surface area contributed by atoms with Crippen LogP contribution in [0.5, 0.6) is 5.75 Å². The molecule has 2 atom stereocenters. The normalized spacial score (nSPS) is 12.8. The van der Waals surface area contributed by atoms with Gasteiger partial charge in [0, 0.05) is 11.8 Å². The standard InChI is InChI=1S/C18H16F3NO4/c1-10(17(23)22-13-5-8-15(20)16(21)9-13)26-18(24)11(2)25-14-6-3-12(19)4-7-14/h3-11H,1-2H3,(H,22,23)/t10-,11+/m0/s1. The Kier molecular flexibility index (Phi) is 6.21. The highest BCUT2D eigenvalue weighted by molar-refractivity contribution is 5.95. The number of anilines is 1. The van der Waals surface area contributed by atoms with Crippen LogP contribution < -0.4 is 10.1 Å². The number of carbonyl (C=O) groups is 2. The molecule has 5 nitrogen and oxygen atoms in total. The molecule has 0 bridgehead atoms. The monoisotopic (exact) mass is 367 g/mol. The summed E-state index contributed by atoms with van der Waals surface area (Å²) >= 11 is 0. The smallest absolute Gasteiger partial charge is 0.347 e. The van der Waals surface area contributed by atoms with Gasteiger partial charge in [0.05, 0.1) is 0 Å². The Hall–Kier alpha value is -3.03. The minimum Gasteiger partial charge on any atom is -0.479 e. The summed E-state index contributed by atoms with van der Waals surface area (Å²) in [6, 6.07) is 7.88. The summed E-state index contributed by atoms with van der Waals surface area (Å²) in [5, 5.41) is 2.30. The molecule has 0 aromatic heterocycles. The van der Waals surface area contributed by atoms with E-state index in [1.54, 1.807) is 0 Å². The number of nitrogens with one attached hydrogen (secondary N) is 1. The lowest BCUT2D eigenvalue weighted by atomic mass is 10.2. The maximum Gasteiger partial charge on any atom is 0.347 e. The van der Waals surface area contributed by atoms with Crippen LogP contribution in [0, 0.1) is 17.5 Å². The van der Waals surface area contributed by atoms with Crippen LogP contribution in [0.15, 0.2) is 42.5 Å². The van der Waals surface area contributed by atoms with E-state index in [9.17, 15) is 22.8 Å². The van der Waals surface area contributed by atoms with Crippen LogP contribution in [0.1, 0.15) is 13.8 Å². The molecule has 2 rings (SSSR count). The van der Waals surface area contributed by atoms with E-state index in [0.29, 0.717) is 0 Å². The van der Waals surface area contributed by atoms with E-state index >= 15 is 0 Å². The van der Waals surface area contributed by atoms with Crippen molar-refractivity contribution in [2.75, 3.05) is 5.32 Å². The van der Waals surface area contributed by atoms with Gasteiger partial charge in [0.25, 0.3) is 5.91 Å². The van der Waals surface area contributed by atoms with Gasteiger partial charge in [-0.1, -0.05) is 0 Å². The highest BCUT2D eigenvalue weighted by Crippen LogP contribution is 2.15. The third-order valence-corrected chi connectivity index (χ3v) is 3.31. The fraction of sp³-hybridized carbons (Fsp3) is 0.222. The Labute approximate surface area is 147 Å². The second-order valence-electron chi connectivity index (χ2n) is 5.41. The quantitative estimate of drug-likeness (QED) is 0.795. The fourth-order valence-corrected chi connectivity index (χ4v) is 1.91. The molecular weight excluding hydrogens is 351 g/mol. The minimum absolute atomic E-state index is 0.0207. The van der Waals surface area contributed by atoms with E-state index < -0.39 is 41.5 Å². The first-order valence-corrected chi connectivity index (χ1v) is 7.65. The number of esters is 1. The molecule has 2 aromatic rings. The van der Waals surface area contributed by atoms with Crippen LogP contribution in [-0.2, 0) is 14.3 Å². The van der Waals surface area contributed by atoms with Crippen molar-refractivity contribution < 1.29 is 32.2 Å². The second-order valence-corrected chi connectivity index (χ2v) is 5.41. The first-order valence-electron chi connectivity index (χ1n) is 7.65.